The van der Waals surface area contributed by atoms with Crippen molar-refractivity contribution in [3.05, 3.63) is 35.6 Å². The molecule has 3 rings (SSSR count). The van der Waals surface area contributed by atoms with Crippen LogP contribution >= 0.6 is 11.3 Å². The van der Waals surface area contributed by atoms with Gasteiger partial charge in [0.2, 0.25) is 0 Å². The van der Waals surface area contributed by atoms with Crippen LogP contribution in [0.1, 0.15) is 28.9 Å². The quantitative estimate of drug-likeness (QED) is 0.943. The van der Waals surface area contributed by atoms with Crippen molar-refractivity contribution in [3.8, 4) is 10.6 Å². The fourth-order valence-corrected chi connectivity index (χ4v) is 3.53. The first-order valence-electron chi connectivity index (χ1n) is 7.17. The lowest BCUT2D eigenvalue weighted by Gasteiger charge is -2.34. The second kappa shape index (κ2) is 6.32. The van der Waals surface area contributed by atoms with Gasteiger partial charge in [0.25, 0.3) is 5.91 Å². The van der Waals surface area contributed by atoms with Crippen molar-refractivity contribution in [2.75, 3.05) is 13.1 Å². The fraction of sp³-hybridized carbons (Fsp3) is 0.400. The molecule has 2 aromatic heterocycles. The Morgan fingerprint density at radius 1 is 1.38 bits per heavy atom. The molecule has 1 aliphatic heterocycles. The fourth-order valence-electron chi connectivity index (χ4n) is 2.66. The van der Waals surface area contributed by atoms with Gasteiger partial charge in [0.15, 0.2) is 0 Å². The molecule has 1 saturated heterocycles. The van der Waals surface area contributed by atoms with E-state index < -0.39 is 0 Å². The Bertz CT molecular complexity index is 613. The molecule has 110 valence electrons. The molecule has 3 heterocycles. The summed E-state index contributed by atoms with van der Waals surface area (Å²) in [6, 6.07) is 3.96. The lowest BCUT2D eigenvalue weighted by molar-refractivity contribution is 0.0628. The Kier molecular flexibility index (Phi) is 4.26. The van der Waals surface area contributed by atoms with E-state index in [0.29, 0.717) is 11.4 Å². The zero-order chi connectivity index (χ0) is 14.7. The van der Waals surface area contributed by atoms with Gasteiger partial charge in [-0.05, 0) is 31.4 Å². The molecule has 0 aliphatic carbocycles. The summed E-state index contributed by atoms with van der Waals surface area (Å²) in [7, 11) is 0. The maximum atomic E-state index is 12.6. The normalized spacial score (nSPS) is 18.7. The molecule has 1 fully saturated rings. The number of likely N-dealkylation sites (tertiary alicyclic amines) is 1. The summed E-state index contributed by atoms with van der Waals surface area (Å²) >= 11 is 1.43. The minimum absolute atomic E-state index is 0.0583. The van der Waals surface area contributed by atoms with Crippen LogP contribution in [0.4, 0.5) is 0 Å². The number of amides is 1. The zero-order valence-electron chi connectivity index (χ0n) is 11.7. The van der Waals surface area contributed by atoms with Gasteiger partial charge < -0.3 is 10.6 Å². The topological polar surface area (TPSA) is 72.1 Å². The predicted molar refractivity (Wildman–Crippen MR) is 83.1 cm³/mol. The van der Waals surface area contributed by atoms with Gasteiger partial charge in [0, 0.05) is 37.1 Å². The van der Waals surface area contributed by atoms with Gasteiger partial charge in [0.05, 0.1) is 6.20 Å². The van der Waals surface area contributed by atoms with Gasteiger partial charge >= 0.3 is 0 Å². The van der Waals surface area contributed by atoms with Gasteiger partial charge in [-0.25, -0.2) is 4.98 Å². The molecule has 0 aromatic carbocycles. The second-order valence-corrected chi connectivity index (χ2v) is 6.18. The van der Waals surface area contributed by atoms with E-state index in [0.717, 1.165) is 36.4 Å². The molecule has 0 radical (unpaired) electrons. The van der Waals surface area contributed by atoms with E-state index >= 15 is 0 Å². The van der Waals surface area contributed by atoms with Crippen LogP contribution in [0.5, 0.6) is 0 Å². The zero-order valence-corrected chi connectivity index (χ0v) is 12.6. The van der Waals surface area contributed by atoms with Crippen LogP contribution in [-0.2, 0) is 0 Å². The highest BCUT2D eigenvalue weighted by Crippen LogP contribution is 2.27. The number of carbonyl (C=O) groups is 1. The van der Waals surface area contributed by atoms with E-state index in [2.05, 4.69) is 9.97 Å². The Balaban J connectivity index is 1.81. The second-order valence-electron chi connectivity index (χ2n) is 5.15. The lowest BCUT2D eigenvalue weighted by atomic mass is 10.0. The first-order valence-corrected chi connectivity index (χ1v) is 7.98. The Labute approximate surface area is 127 Å². The summed E-state index contributed by atoms with van der Waals surface area (Å²) in [5.41, 5.74) is 6.78. The molecule has 1 amide bonds. The first-order chi connectivity index (χ1) is 10.3. The average molecular weight is 302 g/mol. The van der Waals surface area contributed by atoms with Crippen LogP contribution in [0.2, 0.25) is 0 Å². The van der Waals surface area contributed by atoms with Crippen LogP contribution in [0.3, 0.4) is 0 Å². The van der Waals surface area contributed by atoms with Crippen molar-refractivity contribution in [3.63, 3.8) is 0 Å². The molecule has 0 saturated carbocycles. The van der Waals surface area contributed by atoms with Gasteiger partial charge in [-0.15, -0.1) is 11.3 Å². The Morgan fingerprint density at radius 3 is 2.95 bits per heavy atom. The average Bonchev–Trinajstić information content (AvgIpc) is 3.05. The van der Waals surface area contributed by atoms with E-state index in [1.165, 1.54) is 11.3 Å². The monoisotopic (exact) mass is 302 g/mol. The van der Waals surface area contributed by atoms with Crippen molar-refractivity contribution in [2.45, 2.75) is 25.3 Å². The molecule has 5 nitrogen and oxygen atoms in total. The summed E-state index contributed by atoms with van der Waals surface area (Å²) < 4.78 is 0. The number of hydrogen-bond acceptors (Lipinski definition) is 5. The lowest BCUT2D eigenvalue weighted by Crippen LogP contribution is -2.47. The van der Waals surface area contributed by atoms with E-state index in [9.17, 15) is 4.79 Å². The summed E-state index contributed by atoms with van der Waals surface area (Å²) in [4.78, 5) is 23.6. The predicted octanol–water partition coefficient (Wildman–Crippen LogP) is 2.16. The Hall–Kier alpha value is -1.79. The number of hydrogen-bond donors (Lipinski definition) is 1. The molecular formula is C15H18N4OS. The number of nitrogens with zero attached hydrogens (tertiary/aromatic N) is 3. The molecule has 1 atom stereocenters. The number of pyridine rings is 1. The Morgan fingerprint density at radius 2 is 2.19 bits per heavy atom. The van der Waals surface area contributed by atoms with Crippen molar-refractivity contribution < 1.29 is 4.79 Å². The highest BCUT2D eigenvalue weighted by Gasteiger charge is 2.27. The summed E-state index contributed by atoms with van der Waals surface area (Å²) in [6.07, 6.45) is 8.33. The van der Waals surface area contributed by atoms with E-state index in [4.69, 9.17) is 5.73 Å². The third-order valence-electron chi connectivity index (χ3n) is 3.80. The number of carbonyl (C=O) groups excluding carboxylic acids is 1. The third-order valence-corrected chi connectivity index (χ3v) is 4.84. The maximum absolute atomic E-state index is 12.6. The summed E-state index contributed by atoms with van der Waals surface area (Å²) in [6.45, 7) is 1.32. The molecule has 6 heteroatoms. The van der Waals surface area contributed by atoms with Crippen molar-refractivity contribution in [1.82, 2.24) is 14.9 Å². The molecule has 0 spiro atoms. The molecule has 21 heavy (non-hydrogen) atoms. The van der Waals surface area contributed by atoms with Gasteiger partial charge in [-0.1, -0.05) is 0 Å². The van der Waals surface area contributed by atoms with Crippen LogP contribution < -0.4 is 5.73 Å². The van der Waals surface area contributed by atoms with E-state index in [1.54, 1.807) is 18.6 Å². The highest BCUT2D eigenvalue weighted by atomic mass is 32.1. The van der Waals surface area contributed by atoms with Crippen LogP contribution in [0, 0.1) is 0 Å². The number of thiazole rings is 1. The maximum Gasteiger partial charge on any atom is 0.265 e. The van der Waals surface area contributed by atoms with Crippen LogP contribution in [0.15, 0.2) is 30.7 Å². The van der Waals surface area contributed by atoms with E-state index in [1.807, 2.05) is 17.0 Å². The van der Waals surface area contributed by atoms with E-state index in [-0.39, 0.29) is 11.9 Å². The minimum Gasteiger partial charge on any atom is -0.334 e. The summed E-state index contributed by atoms with van der Waals surface area (Å²) in [5.74, 6) is 0.0583. The van der Waals surface area contributed by atoms with Crippen LogP contribution in [0.25, 0.3) is 10.6 Å². The standard InChI is InChI=1S/C15H18N4OS/c16-9-12-3-1-2-8-19(12)15(20)13-10-18-14(21-13)11-4-6-17-7-5-11/h4-7,10,12H,1-3,8-9,16H2. The van der Waals surface area contributed by atoms with Crippen molar-refractivity contribution in [1.29, 1.82) is 0 Å². The number of aromatic nitrogens is 2. The molecule has 1 unspecified atom stereocenters. The molecule has 0 bridgehead atoms. The first kappa shape index (κ1) is 14.2. The number of rotatable bonds is 3. The highest BCUT2D eigenvalue weighted by molar-refractivity contribution is 7.16. The van der Waals surface area contributed by atoms with Crippen LogP contribution in [-0.4, -0.2) is 39.9 Å². The molecule has 2 N–H and O–H groups in total. The van der Waals surface area contributed by atoms with Gasteiger partial charge in [-0.3, -0.25) is 9.78 Å². The third kappa shape index (κ3) is 2.96. The smallest absolute Gasteiger partial charge is 0.265 e. The van der Waals surface area contributed by atoms with Gasteiger partial charge in [0.1, 0.15) is 9.88 Å². The van der Waals surface area contributed by atoms with Gasteiger partial charge in [-0.2, -0.15) is 0 Å². The SMILES string of the molecule is NCC1CCCCN1C(=O)c1cnc(-c2ccncc2)s1. The molecule has 2 aromatic rings. The molecular weight excluding hydrogens is 284 g/mol. The number of nitrogens with two attached hydrogens (primary N) is 1. The minimum atomic E-state index is 0.0583. The molecule has 1 aliphatic rings. The summed E-state index contributed by atoms with van der Waals surface area (Å²) in [5, 5.41) is 0.849. The van der Waals surface area contributed by atoms with Crippen molar-refractivity contribution in [2.24, 2.45) is 5.73 Å². The van der Waals surface area contributed by atoms with Crippen molar-refractivity contribution >= 4 is 17.2 Å². The number of piperidine rings is 1. The largest absolute Gasteiger partial charge is 0.334 e.